The van der Waals surface area contributed by atoms with Crippen molar-refractivity contribution in [3.05, 3.63) is 245 Å². The zero-order chi connectivity index (χ0) is 55.5. The number of benzene rings is 7. The van der Waals surface area contributed by atoms with Crippen LogP contribution in [0, 0.1) is 0 Å². The van der Waals surface area contributed by atoms with E-state index in [1.807, 2.05) is 115 Å². The second kappa shape index (κ2) is 28.7. The fourth-order valence-corrected chi connectivity index (χ4v) is 9.30. The van der Waals surface area contributed by atoms with Crippen molar-refractivity contribution in [2.45, 2.75) is 94.7 Å². The van der Waals surface area contributed by atoms with E-state index < -0.39 is 91.8 Å². The smallest absolute Gasteiger partial charge is 0.338 e. The molecule has 2 saturated heterocycles. The lowest BCUT2D eigenvalue weighted by Gasteiger charge is -2.50. The molecular weight excluding hydrogens is 1020 g/mol. The summed E-state index contributed by atoms with van der Waals surface area (Å²) >= 11 is 0. The number of rotatable bonds is 24. The van der Waals surface area contributed by atoms with E-state index >= 15 is 0 Å². The summed E-state index contributed by atoms with van der Waals surface area (Å²) in [6, 6.07) is 59.5. The maximum atomic E-state index is 14.4. The number of hydrogen-bond donors (Lipinski definition) is 1. The van der Waals surface area contributed by atoms with Gasteiger partial charge in [0, 0.05) is 6.92 Å². The Morgan fingerprint density at radius 2 is 0.850 bits per heavy atom. The van der Waals surface area contributed by atoms with Crippen LogP contribution in [0.2, 0.25) is 0 Å². The first kappa shape index (κ1) is 56.7. The highest BCUT2D eigenvalue weighted by Crippen LogP contribution is 2.36. The first-order chi connectivity index (χ1) is 39.2. The minimum absolute atomic E-state index is 0.0624. The van der Waals surface area contributed by atoms with Crippen molar-refractivity contribution in [3.8, 4) is 5.75 Å². The minimum atomic E-state index is -1.60. The van der Waals surface area contributed by atoms with E-state index in [0.29, 0.717) is 5.75 Å². The van der Waals surface area contributed by atoms with Crippen LogP contribution in [0.1, 0.15) is 60.3 Å². The van der Waals surface area contributed by atoms with Crippen molar-refractivity contribution >= 4 is 23.8 Å². The van der Waals surface area contributed by atoms with Gasteiger partial charge in [0.05, 0.1) is 56.8 Å². The number of amides is 1. The fourth-order valence-electron chi connectivity index (χ4n) is 9.30. The summed E-state index contributed by atoms with van der Waals surface area (Å²) in [5.74, 6) is -2.26. The molecule has 0 radical (unpaired) electrons. The number of carbonyl (C=O) groups excluding carboxylic acids is 4. The first-order valence-corrected chi connectivity index (χ1v) is 26.3. The molecule has 2 aliphatic rings. The topological polar surface area (TPSA) is 182 Å². The maximum Gasteiger partial charge on any atom is 0.338 e. The van der Waals surface area contributed by atoms with Crippen LogP contribution in [0.25, 0.3) is 0 Å². The van der Waals surface area contributed by atoms with E-state index in [-0.39, 0.29) is 49.7 Å². The highest BCUT2D eigenvalue weighted by molar-refractivity contribution is 5.91. The van der Waals surface area contributed by atoms with Crippen LogP contribution in [0.3, 0.4) is 0 Å². The summed E-state index contributed by atoms with van der Waals surface area (Å²) in [4.78, 5) is 55.9. The Kier molecular flexibility index (Phi) is 20.3. The van der Waals surface area contributed by atoms with Crippen molar-refractivity contribution in [1.29, 1.82) is 0 Å². The summed E-state index contributed by atoms with van der Waals surface area (Å²) in [7, 11) is 1.60. The van der Waals surface area contributed by atoms with Gasteiger partial charge in [0.15, 0.2) is 24.8 Å². The summed E-state index contributed by atoms with van der Waals surface area (Å²) in [5.41, 5.74) is 3.94. The van der Waals surface area contributed by atoms with Crippen LogP contribution in [0.5, 0.6) is 5.75 Å². The molecule has 10 atom stereocenters. The number of esters is 3. The van der Waals surface area contributed by atoms with Gasteiger partial charge in [0.1, 0.15) is 48.9 Å². The summed E-state index contributed by atoms with van der Waals surface area (Å²) < 4.78 is 72.3. The third kappa shape index (κ3) is 15.6. The molecule has 80 heavy (non-hydrogen) atoms. The molecule has 0 saturated carbocycles. The third-order valence-electron chi connectivity index (χ3n) is 13.3. The molecule has 2 fully saturated rings. The first-order valence-electron chi connectivity index (χ1n) is 26.3. The molecule has 0 aromatic heterocycles. The van der Waals surface area contributed by atoms with Crippen molar-refractivity contribution in [2.75, 3.05) is 20.3 Å². The van der Waals surface area contributed by atoms with Crippen LogP contribution in [0.15, 0.2) is 206 Å². The molecule has 0 spiro atoms. The van der Waals surface area contributed by atoms with Gasteiger partial charge in [-0.2, -0.15) is 0 Å². The normalized spacial score (nSPS) is 22.5. The average molecular weight is 1090 g/mol. The third-order valence-corrected chi connectivity index (χ3v) is 13.3. The Morgan fingerprint density at radius 3 is 1.36 bits per heavy atom. The van der Waals surface area contributed by atoms with E-state index in [4.69, 9.17) is 52.1 Å². The molecule has 7 aromatic rings. The zero-order valence-corrected chi connectivity index (χ0v) is 44.3. The quantitative estimate of drug-likeness (QED) is 0.0446. The molecule has 16 nitrogen and oxygen atoms in total. The molecular formula is C64H63NO15. The molecule has 7 aromatic carbocycles. The van der Waals surface area contributed by atoms with Gasteiger partial charge < -0.3 is 57.4 Å². The van der Waals surface area contributed by atoms with Gasteiger partial charge in [-0.05, 0) is 70.8 Å². The van der Waals surface area contributed by atoms with Crippen LogP contribution >= 0.6 is 0 Å². The second-order valence-electron chi connectivity index (χ2n) is 19.0. The molecule has 9 rings (SSSR count). The molecule has 0 bridgehead atoms. The Bertz CT molecular complexity index is 3010. The average Bonchev–Trinajstić information content (AvgIpc) is 3.56. The Hall–Kier alpha value is -8.06. The lowest BCUT2D eigenvalue weighted by Crippen LogP contribution is -2.69. The SMILES string of the molecule is COc1ccc(CO[C@@H]2O[C@H](COCc3ccccc3)[C@@H](O[C@H]3O[C@H](COC(=O)c4ccccc4)[C@@H](OC(=O)c4ccccc4)[C@H](OC(=O)c4ccccc4)[C@@H]3NC(C)=O)[C@H](OCc3ccccc3)[C@H]2OCc2ccccc2)cc1. The van der Waals surface area contributed by atoms with Gasteiger partial charge in [-0.15, -0.1) is 0 Å². The number of carbonyl (C=O) groups is 4. The number of hydrogen-bond acceptors (Lipinski definition) is 15. The van der Waals surface area contributed by atoms with E-state index in [2.05, 4.69) is 5.32 Å². The van der Waals surface area contributed by atoms with Gasteiger partial charge in [-0.1, -0.05) is 158 Å². The van der Waals surface area contributed by atoms with E-state index in [1.165, 1.54) is 6.92 Å². The molecule has 2 heterocycles. The Morgan fingerprint density at radius 1 is 0.425 bits per heavy atom. The molecule has 2 aliphatic heterocycles. The molecule has 0 unspecified atom stereocenters. The van der Waals surface area contributed by atoms with Gasteiger partial charge in [0.2, 0.25) is 5.91 Å². The molecule has 1 N–H and O–H groups in total. The second-order valence-corrected chi connectivity index (χ2v) is 19.0. The van der Waals surface area contributed by atoms with Crippen LogP contribution < -0.4 is 10.1 Å². The Balaban J connectivity index is 1.14. The number of ether oxygens (including phenoxy) is 11. The molecule has 0 aliphatic carbocycles. The van der Waals surface area contributed by atoms with E-state index in [9.17, 15) is 19.2 Å². The molecule has 414 valence electrons. The van der Waals surface area contributed by atoms with Crippen LogP contribution in [0.4, 0.5) is 0 Å². The van der Waals surface area contributed by atoms with E-state index in [1.54, 1.807) is 98.1 Å². The van der Waals surface area contributed by atoms with Crippen molar-refractivity contribution < 1.29 is 71.3 Å². The predicted molar refractivity (Wildman–Crippen MR) is 292 cm³/mol. The summed E-state index contributed by atoms with van der Waals surface area (Å²) in [5, 5.41) is 2.91. The van der Waals surface area contributed by atoms with Gasteiger partial charge in [-0.25, -0.2) is 14.4 Å². The zero-order valence-electron chi connectivity index (χ0n) is 44.3. The van der Waals surface area contributed by atoms with Crippen molar-refractivity contribution in [2.24, 2.45) is 0 Å². The lowest BCUT2D eigenvalue weighted by atomic mass is 9.94. The van der Waals surface area contributed by atoms with Gasteiger partial charge in [-0.3, -0.25) is 4.79 Å². The fraction of sp³-hybridized carbons (Fsp3) is 0.281. The molecule has 1 amide bonds. The lowest BCUT2D eigenvalue weighted by molar-refractivity contribution is -0.360. The van der Waals surface area contributed by atoms with Crippen LogP contribution in [-0.2, 0) is 78.6 Å². The van der Waals surface area contributed by atoms with E-state index in [0.717, 1.165) is 22.3 Å². The molecule has 16 heteroatoms. The summed E-state index contributed by atoms with van der Waals surface area (Å²) in [6.45, 7) is 1.06. The minimum Gasteiger partial charge on any atom is -0.497 e. The van der Waals surface area contributed by atoms with Crippen LogP contribution in [-0.4, -0.2) is 105 Å². The van der Waals surface area contributed by atoms with Crippen molar-refractivity contribution in [3.63, 3.8) is 0 Å². The highest BCUT2D eigenvalue weighted by atomic mass is 16.8. The predicted octanol–water partition coefficient (Wildman–Crippen LogP) is 9.25. The largest absolute Gasteiger partial charge is 0.497 e. The summed E-state index contributed by atoms with van der Waals surface area (Å²) in [6.07, 6.45) is -11.6. The van der Waals surface area contributed by atoms with Crippen molar-refractivity contribution in [1.82, 2.24) is 5.32 Å². The number of methoxy groups -OCH3 is 1. The standard InChI is InChI=1S/C64H63NO15/c1-43(66)65-54-57(79-62(69)50-31-19-8-20-32-50)55(78-61(68)49-29-17-7-18-30-49)53(42-74-60(67)48-27-15-6-16-28-48)76-63(54)80-56-52(41-71-37-44-21-9-3-10-22-44)77-64(75-40-47-33-35-51(70-2)36-34-47)59(73-39-46-25-13-5-14-26-46)58(56)72-38-45-23-11-4-12-24-45/h3-36,52-59,63-64H,37-42H2,1-2H3,(H,65,66)/t52-,53-,54+,55-,56-,57-,58+,59-,63-,64-/m1/s1. The number of nitrogens with one attached hydrogen (secondary N) is 1. The maximum absolute atomic E-state index is 14.4. The highest BCUT2D eigenvalue weighted by Gasteiger charge is 2.56. The Labute approximate surface area is 464 Å². The van der Waals surface area contributed by atoms with Gasteiger partial charge in [0.25, 0.3) is 0 Å². The van der Waals surface area contributed by atoms with Gasteiger partial charge >= 0.3 is 17.9 Å². The monoisotopic (exact) mass is 1090 g/mol.